The van der Waals surface area contributed by atoms with Gasteiger partial charge in [0.15, 0.2) is 0 Å². The third-order valence-electron chi connectivity index (χ3n) is 5.80. The molecule has 0 radical (unpaired) electrons. The van der Waals surface area contributed by atoms with Crippen LogP contribution in [0.1, 0.15) is 37.0 Å². The first-order chi connectivity index (χ1) is 16.7. The summed E-state index contributed by atoms with van der Waals surface area (Å²) in [6.45, 7) is 8.65. The van der Waals surface area contributed by atoms with Crippen LogP contribution in [0.25, 0.3) is 21.6 Å². The Kier molecular flexibility index (Phi) is 7.43. The minimum Gasteiger partial charge on any atom is -0.493 e. The van der Waals surface area contributed by atoms with E-state index in [1.165, 1.54) is 11.5 Å². The Balaban J connectivity index is 1.43. The zero-order chi connectivity index (χ0) is 25.0. The maximum atomic E-state index is 11.4. The van der Waals surface area contributed by atoms with Gasteiger partial charge < -0.3 is 14.6 Å². The van der Waals surface area contributed by atoms with Crippen LogP contribution in [0.15, 0.2) is 71.5 Å². The van der Waals surface area contributed by atoms with E-state index in [1.54, 1.807) is 19.9 Å². The number of aryl methyl sites for hydroxylation is 2. The number of nitrogens with one attached hydrogen (secondary N) is 1. The van der Waals surface area contributed by atoms with Crippen molar-refractivity contribution in [3.8, 4) is 33.1 Å². The standard InChI is InChI=1S/C29H31NO4S/c1-19-15-26(33-13-12-29(3,4)32)20(2)14-25(19)23-7-5-6-21(16-23)18-34-24-10-8-22(9-11-24)27-17-28(31)30-35-27/h5-11,14-17,32H,12-13,18H2,1-4H3,(H,30,31). The molecule has 0 unspecified atom stereocenters. The van der Waals surface area contributed by atoms with E-state index in [4.69, 9.17) is 9.47 Å². The Morgan fingerprint density at radius 3 is 2.37 bits per heavy atom. The van der Waals surface area contributed by atoms with E-state index < -0.39 is 5.60 Å². The highest BCUT2D eigenvalue weighted by molar-refractivity contribution is 7.09. The molecule has 6 heteroatoms. The first kappa shape index (κ1) is 24.8. The van der Waals surface area contributed by atoms with Gasteiger partial charge in [-0.25, -0.2) is 0 Å². The third-order valence-corrected chi connectivity index (χ3v) is 6.68. The van der Waals surface area contributed by atoms with Crippen LogP contribution in [0.5, 0.6) is 11.5 Å². The van der Waals surface area contributed by atoms with Crippen molar-refractivity contribution in [3.63, 3.8) is 0 Å². The predicted octanol–water partition coefficient (Wildman–Crippen LogP) is 6.51. The van der Waals surface area contributed by atoms with Crippen molar-refractivity contribution in [1.29, 1.82) is 0 Å². The largest absolute Gasteiger partial charge is 0.493 e. The van der Waals surface area contributed by atoms with Gasteiger partial charge in [0.25, 0.3) is 5.56 Å². The van der Waals surface area contributed by atoms with Crippen molar-refractivity contribution >= 4 is 11.5 Å². The third kappa shape index (κ3) is 6.62. The topological polar surface area (TPSA) is 71.6 Å². The van der Waals surface area contributed by atoms with Gasteiger partial charge >= 0.3 is 0 Å². The van der Waals surface area contributed by atoms with Gasteiger partial charge in [-0.2, -0.15) is 0 Å². The SMILES string of the molecule is Cc1cc(-c2cccc(COc3ccc(-c4cc(=O)[nH]s4)cc3)c2)c(C)cc1OCCC(C)(C)O. The molecule has 0 saturated heterocycles. The lowest BCUT2D eigenvalue weighted by Crippen LogP contribution is -2.21. The number of hydrogen-bond acceptors (Lipinski definition) is 5. The molecular formula is C29H31NO4S. The van der Waals surface area contributed by atoms with Crippen LogP contribution in [0.4, 0.5) is 0 Å². The summed E-state index contributed by atoms with van der Waals surface area (Å²) >= 11 is 1.33. The average Bonchev–Trinajstić information content (AvgIpc) is 3.25. The Morgan fingerprint density at radius 1 is 0.914 bits per heavy atom. The highest BCUT2D eigenvalue weighted by atomic mass is 32.1. The summed E-state index contributed by atoms with van der Waals surface area (Å²) in [5.41, 5.74) is 5.74. The lowest BCUT2D eigenvalue weighted by Gasteiger charge is -2.19. The first-order valence-electron chi connectivity index (χ1n) is 11.7. The van der Waals surface area contributed by atoms with Crippen LogP contribution in [0, 0.1) is 13.8 Å². The maximum Gasteiger partial charge on any atom is 0.258 e. The lowest BCUT2D eigenvalue weighted by atomic mass is 9.96. The molecule has 0 fully saturated rings. The second-order valence-electron chi connectivity index (χ2n) is 9.43. The molecule has 0 aliphatic rings. The molecule has 0 aliphatic heterocycles. The molecule has 4 rings (SSSR count). The minimum atomic E-state index is -0.738. The van der Waals surface area contributed by atoms with Gasteiger partial charge in [0.1, 0.15) is 18.1 Å². The molecule has 1 heterocycles. The predicted molar refractivity (Wildman–Crippen MR) is 142 cm³/mol. The number of aromatic amines is 1. The smallest absolute Gasteiger partial charge is 0.258 e. The van der Waals surface area contributed by atoms with Crippen molar-refractivity contribution in [2.45, 2.75) is 46.3 Å². The minimum absolute atomic E-state index is 0.0801. The van der Waals surface area contributed by atoms with Gasteiger partial charge in [0.2, 0.25) is 0 Å². The Hall–Kier alpha value is -3.35. The number of hydrogen-bond donors (Lipinski definition) is 2. The molecule has 182 valence electrons. The van der Waals surface area contributed by atoms with Crippen molar-refractivity contribution in [2.24, 2.45) is 0 Å². The van der Waals surface area contributed by atoms with Gasteiger partial charge in [-0.15, -0.1) is 0 Å². The van der Waals surface area contributed by atoms with Gasteiger partial charge in [-0.3, -0.25) is 9.17 Å². The van der Waals surface area contributed by atoms with Crippen LogP contribution in [-0.4, -0.2) is 21.7 Å². The van der Waals surface area contributed by atoms with Gasteiger partial charge in [-0.1, -0.05) is 29.7 Å². The number of H-pyrrole nitrogens is 1. The van der Waals surface area contributed by atoms with Crippen molar-refractivity contribution in [1.82, 2.24) is 4.37 Å². The summed E-state index contributed by atoms with van der Waals surface area (Å²) < 4.78 is 14.7. The van der Waals surface area contributed by atoms with Gasteiger partial charge in [0, 0.05) is 12.5 Å². The Bertz CT molecular complexity index is 1350. The fourth-order valence-corrected chi connectivity index (χ4v) is 4.49. The maximum absolute atomic E-state index is 11.4. The van der Waals surface area contributed by atoms with E-state index in [0.29, 0.717) is 19.6 Å². The van der Waals surface area contributed by atoms with E-state index in [1.807, 2.05) is 37.3 Å². The Labute approximate surface area is 210 Å². The lowest BCUT2D eigenvalue weighted by molar-refractivity contribution is 0.0552. The highest BCUT2D eigenvalue weighted by Gasteiger charge is 2.14. The quantitative estimate of drug-likeness (QED) is 0.281. The normalized spacial score (nSPS) is 11.5. The van der Waals surface area contributed by atoms with Crippen LogP contribution < -0.4 is 15.0 Å². The van der Waals surface area contributed by atoms with E-state index in [2.05, 4.69) is 41.6 Å². The molecule has 35 heavy (non-hydrogen) atoms. The molecule has 0 atom stereocenters. The molecule has 0 spiro atoms. The van der Waals surface area contributed by atoms with Crippen LogP contribution in [-0.2, 0) is 6.61 Å². The van der Waals surface area contributed by atoms with Crippen molar-refractivity contribution in [2.75, 3.05) is 6.61 Å². The summed E-state index contributed by atoms with van der Waals surface area (Å²) in [7, 11) is 0. The molecule has 0 amide bonds. The molecular weight excluding hydrogens is 458 g/mol. The molecule has 3 aromatic carbocycles. The monoisotopic (exact) mass is 489 g/mol. The second kappa shape index (κ2) is 10.5. The molecule has 1 aromatic heterocycles. The molecule has 5 nitrogen and oxygen atoms in total. The van der Waals surface area contributed by atoms with Crippen LogP contribution in [0.3, 0.4) is 0 Å². The van der Waals surface area contributed by atoms with E-state index >= 15 is 0 Å². The second-order valence-corrected chi connectivity index (χ2v) is 10.3. The number of aromatic nitrogens is 1. The highest BCUT2D eigenvalue weighted by Crippen LogP contribution is 2.31. The zero-order valence-electron chi connectivity index (χ0n) is 20.6. The summed E-state index contributed by atoms with van der Waals surface area (Å²) in [5, 5.41) is 9.91. The summed E-state index contributed by atoms with van der Waals surface area (Å²) in [6, 6.07) is 22.0. The summed E-state index contributed by atoms with van der Waals surface area (Å²) in [4.78, 5) is 12.3. The molecule has 0 aliphatic carbocycles. The van der Waals surface area contributed by atoms with Gasteiger partial charge in [0.05, 0.1) is 17.1 Å². The molecule has 4 aromatic rings. The number of rotatable bonds is 9. The average molecular weight is 490 g/mol. The summed E-state index contributed by atoms with van der Waals surface area (Å²) in [6.07, 6.45) is 0.575. The van der Waals surface area contributed by atoms with Crippen molar-refractivity contribution in [3.05, 3.63) is 93.8 Å². The first-order valence-corrected chi connectivity index (χ1v) is 12.5. The Morgan fingerprint density at radius 2 is 1.69 bits per heavy atom. The fourth-order valence-electron chi connectivity index (χ4n) is 3.80. The van der Waals surface area contributed by atoms with Crippen LogP contribution >= 0.6 is 11.5 Å². The van der Waals surface area contributed by atoms with E-state index in [9.17, 15) is 9.90 Å². The van der Waals surface area contributed by atoms with Crippen LogP contribution in [0.2, 0.25) is 0 Å². The number of benzene rings is 3. The molecule has 0 saturated carbocycles. The zero-order valence-corrected chi connectivity index (χ0v) is 21.4. The fraction of sp³-hybridized carbons (Fsp3) is 0.276. The molecule has 2 N–H and O–H groups in total. The number of ether oxygens (including phenoxy) is 2. The number of aliphatic hydroxyl groups is 1. The van der Waals surface area contributed by atoms with E-state index in [0.717, 1.165) is 49.8 Å². The van der Waals surface area contributed by atoms with Crippen molar-refractivity contribution < 1.29 is 14.6 Å². The summed E-state index contributed by atoms with van der Waals surface area (Å²) in [5.74, 6) is 1.63. The van der Waals surface area contributed by atoms with E-state index in [-0.39, 0.29) is 5.56 Å². The molecule has 0 bridgehead atoms. The van der Waals surface area contributed by atoms with Gasteiger partial charge in [-0.05, 0) is 104 Å².